The number of rotatable bonds is 0. The predicted octanol–water partition coefficient (Wildman–Crippen LogP) is 2.05. The van der Waals surface area contributed by atoms with Crippen LogP contribution >= 0.6 is 23.8 Å². The number of allylic oxidation sites excluding steroid dienone is 1. The quantitative estimate of drug-likeness (QED) is 0.433. The Hall–Kier alpha value is -0.740. The van der Waals surface area contributed by atoms with E-state index in [2.05, 4.69) is 9.73 Å². The summed E-state index contributed by atoms with van der Waals surface area (Å²) in [5.74, 6) is 0.127. The van der Waals surface area contributed by atoms with Gasteiger partial charge in [-0.3, -0.25) is 0 Å². The molecule has 0 bridgehead atoms. The molecule has 0 spiro atoms. The van der Waals surface area contributed by atoms with Crippen molar-refractivity contribution in [2.45, 2.75) is 6.42 Å². The van der Waals surface area contributed by atoms with E-state index in [1.807, 2.05) is 0 Å². The second-order valence-electron chi connectivity index (χ2n) is 1.79. The highest BCUT2D eigenvalue weighted by molar-refractivity contribution is 7.82. The Bertz CT molecular complexity index is 259. The number of aliphatic imine (C=N–C) groups is 1. The van der Waals surface area contributed by atoms with Gasteiger partial charge in [0.25, 0.3) is 0 Å². The SMILES string of the molecule is O=C(Cl)OC1=NC=CCC1=S. The molecule has 0 amide bonds. The number of carbonyl (C=O) groups is 1. The lowest BCUT2D eigenvalue weighted by Gasteiger charge is -2.05. The van der Waals surface area contributed by atoms with Gasteiger partial charge in [-0.15, -0.1) is 0 Å². The minimum Gasteiger partial charge on any atom is -0.394 e. The number of ether oxygens (including phenoxy) is 1. The van der Waals surface area contributed by atoms with Crippen LogP contribution in [0.4, 0.5) is 4.79 Å². The number of hydrogen-bond acceptors (Lipinski definition) is 4. The van der Waals surface area contributed by atoms with Crippen LogP contribution in [0.25, 0.3) is 0 Å². The molecule has 0 aromatic rings. The fourth-order valence-corrected chi connectivity index (χ4v) is 0.862. The number of hydrogen-bond donors (Lipinski definition) is 0. The monoisotopic (exact) mass is 189 g/mol. The highest BCUT2D eigenvalue weighted by Gasteiger charge is 2.12. The zero-order valence-corrected chi connectivity index (χ0v) is 6.98. The summed E-state index contributed by atoms with van der Waals surface area (Å²) in [5, 5.41) is 0. The maximum Gasteiger partial charge on any atom is 0.410 e. The molecule has 0 aliphatic carbocycles. The van der Waals surface area contributed by atoms with Gasteiger partial charge in [-0.25, -0.2) is 9.79 Å². The number of carbonyl (C=O) groups excluding carboxylic acids is 1. The van der Waals surface area contributed by atoms with Crippen molar-refractivity contribution >= 4 is 40.0 Å². The van der Waals surface area contributed by atoms with E-state index in [0.29, 0.717) is 11.3 Å². The average Bonchev–Trinajstić information content (AvgIpc) is 1.93. The first-order valence-corrected chi connectivity index (χ1v) is 3.62. The largest absolute Gasteiger partial charge is 0.410 e. The van der Waals surface area contributed by atoms with Crippen molar-refractivity contribution in [3.05, 3.63) is 12.3 Å². The third-order valence-corrected chi connectivity index (χ3v) is 1.43. The molecule has 1 heterocycles. The molecule has 1 rings (SSSR count). The maximum atomic E-state index is 10.2. The van der Waals surface area contributed by atoms with Gasteiger partial charge in [0.15, 0.2) is 0 Å². The van der Waals surface area contributed by atoms with Gasteiger partial charge in [-0.05, 0) is 0 Å². The van der Waals surface area contributed by atoms with Crippen LogP contribution < -0.4 is 0 Å². The zero-order chi connectivity index (χ0) is 8.27. The van der Waals surface area contributed by atoms with E-state index in [0.717, 1.165) is 0 Å². The van der Waals surface area contributed by atoms with E-state index in [4.69, 9.17) is 23.8 Å². The first kappa shape index (κ1) is 8.36. The highest BCUT2D eigenvalue weighted by atomic mass is 35.5. The highest BCUT2D eigenvalue weighted by Crippen LogP contribution is 2.03. The van der Waals surface area contributed by atoms with Gasteiger partial charge in [0.1, 0.15) is 0 Å². The Balaban J connectivity index is 2.68. The molecule has 0 radical (unpaired) electrons. The molecular weight excluding hydrogens is 186 g/mol. The molecule has 0 aromatic carbocycles. The van der Waals surface area contributed by atoms with E-state index in [9.17, 15) is 4.79 Å². The normalized spacial score (nSPS) is 16.1. The van der Waals surface area contributed by atoms with Crippen LogP contribution in [0, 0.1) is 0 Å². The second kappa shape index (κ2) is 3.59. The van der Waals surface area contributed by atoms with Crippen LogP contribution in [-0.2, 0) is 4.74 Å². The van der Waals surface area contributed by atoms with Crippen molar-refractivity contribution in [1.29, 1.82) is 0 Å². The maximum absolute atomic E-state index is 10.2. The Labute approximate surface area is 73.7 Å². The molecule has 0 unspecified atom stereocenters. The molecule has 0 fully saturated rings. The lowest BCUT2D eigenvalue weighted by Crippen LogP contribution is -2.17. The minimum atomic E-state index is -0.915. The average molecular weight is 190 g/mol. The minimum absolute atomic E-state index is 0.127. The fraction of sp³-hybridized carbons (Fsp3) is 0.167. The molecule has 0 saturated carbocycles. The Morgan fingerprint density at radius 3 is 3.09 bits per heavy atom. The van der Waals surface area contributed by atoms with Crippen molar-refractivity contribution in [1.82, 2.24) is 0 Å². The van der Waals surface area contributed by atoms with E-state index >= 15 is 0 Å². The fourth-order valence-electron chi connectivity index (χ4n) is 0.599. The van der Waals surface area contributed by atoms with Crippen molar-refractivity contribution in [2.24, 2.45) is 4.99 Å². The molecule has 3 nitrogen and oxygen atoms in total. The van der Waals surface area contributed by atoms with Gasteiger partial charge in [0.2, 0.25) is 5.90 Å². The van der Waals surface area contributed by atoms with E-state index in [-0.39, 0.29) is 5.90 Å². The van der Waals surface area contributed by atoms with Crippen LogP contribution in [0.2, 0.25) is 0 Å². The summed E-state index contributed by atoms with van der Waals surface area (Å²) in [7, 11) is 0. The zero-order valence-electron chi connectivity index (χ0n) is 5.41. The summed E-state index contributed by atoms with van der Waals surface area (Å²) in [6.07, 6.45) is 3.86. The van der Waals surface area contributed by atoms with Crippen LogP contribution in [-0.4, -0.2) is 16.2 Å². The third-order valence-electron chi connectivity index (χ3n) is 1.02. The van der Waals surface area contributed by atoms with Crippen molar-refractivity contribution in [3.63, 3.8) is 0 Å². The summed E-state index contributed by atoms with van der Waals surface area (Å²) < 4.78 is 4.49. The molecule has 11 heavy (non-hydrogen) atoms. The van der Waals surface area contributed by atoms with E-state index < -0.39 is 5.43 Å². The third kappa shape index (κ3) is 2.40. The van der Waals surface area contributed by atoms with Gasteiger partial charge in [-0.1, -0.05) is 18.3 Å². The molecular formula is C6H4ClNO2S. The summed E-state index contributed by atoms with van der Waals surface area (Å²) in [5.41, 5.74) is -0.915. The van der Waals surface area contributed by atoms with E-state index in [1.165, 1.54) is 6.20 Å². The lowest BCUT2D eigenvalue weighted by atomic mass is 10.2. The summed E-state index contributed by atoms with van der Waals surface area (Å²) in [6, 6.07) is 0. The first-order valence-electron chi connectivity index (χ1n) is 2.83. The summed E-state index contributed by atoms with van der Waals surface area (Å²) >= 11 is 9.78. The van der Waals surface area contributed by atoms with Gasteiger partial charge < -0.3 is 4.74 Å². The number of nitrogens with zero attached hydrogens (tertiary/aromatic N) is 1. The summed E-state index contributed by atoms with van der Waals surface area (Å²) in [6.45, 7) is 0. The molecule has 5 heteroatoms. The first-order chi connectivity index (χ1) is 5.20. The standard InChI is InChI=1S/C6H4ClNO2S/c7-6(9)10-5-4(11)2-1-3-8-5/h1,3H,2H2. The van der Waals surface area contributed by atoms with Crippen LogP contribution in [0.15, 0.2) is 17.3 Å². The smallest absolute Gasteiger partial charge is 0.394 e. The number of thiocarbonyl (C=S) groups is 1. The Morgan fingerprint density at radius 1 is 1.82 bits per heavy atom. The molecule has 0 atom stereocenters. The van der Waals surface area contributed by atoms with Crippen molar-refractivity contribution < 1.29 is 9.53 Å². The van der Waals surface area contributed by atoms with E-state index in [1.54, 1.807) is 6.08 Å². The molecule has 58 valence electrons. The molecule has 0 N–H and O–H groups in total. The van der Waals surface area contributed by atoms with Crippen LogP contribution in [0.3, 0.4) is 0 Å². The lowest BCUT2D eigenvalue weighted by molar-refractivity contribution is 0.224. The molecule has 0 saturated heterocycles. The molecule has 0 aromatic heterocycles. The van der Waals surface area contributed by atoms with Crippen LogP contribution in [0.5, 0.6) is 0 Å². The summed E-state index contributed by atoms with van der Waals surface area (Å²) in [4.78, 5) is 14.4. The second-order valence-corrected chi connectivity index (χ2v) is 2.59. The van der Waals surface area contributed by atoms with Crippen molar-refractivity contribution in [3.8, 4) is 0 Å². The topological polar surface area (TPSA) is 38.7 Å². The van der Waals surface area contributed by atoms with Gasteiger partial charge in [0.05, 0.1) is 4.86 Å². The Kier molecular flexibility index (Phi) is 2.73. The molecule has 1 aliphatic heterocycles. The number of halogens is 1. The van der Waals surface area contributed by atoms with Gasteiger partial charge >= 0.3 is 5.43 Å². The van der Waals surface area contributed by atoms with Gasteiger partial charge in [0, 0.05) is 24.2 Å². The molecule has 1 aliphatic rings. The van der Waals surface area contributed by atoms with Crippen molar-refractivity contribution in [2.75, 3.05) is 0 Å². The predicted molar refractivity (Wildman–Crippen MR) is 46.1 cm³/mol. The van der Waals surface area contributed by atoms with Gasteiger partial charge in [-0.2, -0.15) is 0 Å². The van der Waals surface area contributed by atoms with Crippen LogP contribution in [0.1, 0.15) is 6.42 Å². The Morgan fingerprint density at radius 2 is 2.55 bits per heavy atom.